The molecule has 0 aromatic heterocycles. The normalized spacial score (nSPS) is 19.1. The van der Waals surface area contributed by atoms with Gasteiger partial charge in [-0.2, -0.15) is 0 Å². The molecule has 1 amide bonds. The predicted octanol–water partition coefficient (Wildman–Crippen LogP) is 6.76. The van der Waals surface area contributed by atoms with Crippen LogP contribution in [0.5, 0.6) is 11.5 Å². The average molecular weight is 580 g/mol. The van der Waals surface area contributed by atoms with E-state index in [-0.39, 0.29) is 23.6 Å². The number of rotatable bonds is 15. The predicted molar refractivity (Wildman–Crippen MR) is 160 cm³/mol. The third-order valence-corrected chi connectivity index (χ3v) is 8.76. The van der Waals surface area contributed by atoms with Crippen LogP contribution in [0.15, 0.2) is 42.5 Å². The maximum atomic E-state index is 13.1. The molecule has 2 unspecified atom stereocenters. The van der Waals surface area contributed by atoms with Crippen LogP contribution in [0.2, 0.25) is 0 Å². The summed E-state index contributed by atoms with van der Waals surface area (Å²) >= 11 is 0. The summed E-state index contributed by atoms with van der Waals surface area (Å²) in [5.41, 5.74) is 1.29. The SMILES string of the molecule is O=C(O)c1ccc(OCCCc2ccc(OCCCC3CCCCC3)cc2)c(C(=O)NCC2CCCCC2C(=O)O)c1. The molecule has 0 spiro atoms. The standard InChI is InChI=1S/C34H45NO7/c36-32(35-23-27-12-4-5-13-29(27)34(39)40)30-22-26(33(37)38)16-19-31(30)42-21-7-11-25-14-17-28(18-15-25)41-20-6-10-24-8-2-1-3-9-24/h14-19,22,24,27,29H,1-13,20-21,23H2,(H,35,36)(H,37,38)(H,39,40). The van der Waals surface area contributed by atoms with E-state index in [0.29, 0.717) is 25.2 Å². The molecular formula is C34H45NO7. The summed E-state index contributed by atoms with van der Waals surface area (Å²) in [5.74, 6) is -0.984. The van der Waals surface area contributed by atoms with E-state index >= 15 is 0 Å². The highest BCUT2D eigenvalue weighted by Gasteiger charge is 2.31. The van der Waals surface area contributed by atoms with Crippen LogP contribution in [0.4, 0.5) is 0 Å². The minimum Gasteiger partial charge on any atom is -0.494 e. The lowest BCUT2D eigenvalue weighted by atomic mass is 9.79. The van der Waals surface area contributed by atoms with Crippen molar-refractivity contribution in [1.29, 1.82) is 0 Å². The molecule has 8 nitrogen and oxygen atoms in total. The lowest BCUT2D eigenvalue weighted by molar-refractivity contribution is -0.144. The number of nitrogens with one attached hydrogen (secondary N) is 1. The molecule has 42 heavy (non-hydrogen) atoms. The second kappa shape index (κ2) is 16.2. The molecule has 0 bridgehead atoms. The molecule has 228 valence electrons. The minimum atomic E-state index is -1.13. The Bertz CT molecular complexity index is 1170. The van der Waals surface area contributed by atoms with E-state index in [0.717, 1.165) is 55.9 Å². The van der Waals surface area contributed by atoms with E-state index < -0.39 is 23.8 Å². The summed E-state index contributed by atoms with van der Waals surface area (Å²) < 4.78 is 11.9. The van der Waals surface area contributed by atoms with E-state index in [9.17, 15) is 24.6 Å². The first-order valence-corrected chi connectivity index (χ1v) is 15.6. The van der Waals surface area contributed by atoms with Crippen molar-refractivity contribution in [3.05, 3.63) is 59.2 Å². The monoisotopic (exact) mass is 579 g/mol. The Balaban J connectivity index is 1.23. The first-order chi connectivity index (χ1) is 20.4. The second-order valence-electron chi connectivity index (χ2n) is 11.8. The van der Waals surface area contributed by atoms with Gasteiger partial charge in [0.15, 0.2) is 0 Å². The van der Waals surface area contributed by atoms with Gasteiger partial charge in [0.2, 0.25) is 0 Å². The van der Waals surface area contributed by atoms with Crippen molar-refractivity contribution in [2.75, 3.05) is 19.8 Å². The molecule has 8 heteroatoms. The van der Waals surface area contributed by atoms with Crippen molar-refractivity contribution in [3.63, 3.8) is 0 Å². The van der Waals surface area contributed by atoms with E-state index in [1.807, 2.05) is 12.1 Å². The van der Waals surface area contributed by atoms with Crippen LogP contribution in [0.1, 0.15) is 103 Å². The molecular weight excluding hydrogens is 534 g/mol. The van der Waals surface area contributed by atoms with Crippen LogP contribution < -0.4 is 14.8 Å². The molecule has 0 aliphatic heterocycles. The zero-order chi connectivity index (χ0) is 29.7. The summed E-state index contributed by atoms with van der Waals surface area (Å²) in [6.45, 7) is 1.34. The number of aromatic carboxylic acids is 1. The molecule has 4 rings (SSSR count). The van der Waals surface area contributed by atoms with Gasteiger partial charge >= 0.3 is 11.9 Å². The highest BCUT2D eigenvalue weighted by molar-refractivity contribution is 5.99. The Morgan fingerprint density at radius 3 is 2.26 bits per heavy atom. The summed E-state index contributed by atoms with van der Waals surface area (Å²) in [5, 5.41) is 21.8. The van der Waals surface area contributed by atoms with E-state index in [1.54, 1.807) is 0 Å². The number of carbonyl (C=O) groups is 3. The number of hydrogen-bond acceptors (Lipinski definition) is 5. The van der Waals surface area contributed by atoms with Gasteiger partial charge in [0.25, 0.3) is 5.91 Å². The van der Waals surface area contributed by atoms with E-state index in [1.165, 1.54) is 56.7 Å². The van der Waals surface area contributed by atoms with Crippen molar-refractivity contribution in [2.24, 2.45) is 17.8 Å². The van der Waals surface area contributed by atoms with Gasteiger partial charge in [-0.1, -0.05) is 57.1 Å². The molecule has 3 N–H and O–H groups in total. The average Bonchev–Trinajstić information content (AvgIpc) is 3.01. The van der Waals surface area contributed by atoms with Gasteiger partial charge in [0.05, 0.1) is 30.3 Å². The van der Waals surface area contributed by atoms with Crippen LogP contribution >= 0.6 is 0 Å². The highest BCUT2D eigenvalue weighted by Crippen LogP contribution is 2.30. The smallest absolute Gasteiger partial charge is 0.335 e. The number of amides is 1. The molecule has 2 aromatic carbocycles. The Kier molecular flexibility index (Phi) is 12.1. The Labute approximate surface area is 248 Å². The zero-order valence-corrected chi connectivity index (χ0v) is 24.5. The number of carboxylic acid groups (broad SMARTS) is 2. The lowest BCUT2D eigenvalue weighted by Crippen LogP contribution is -2.37. The van der Waals surface area contributed by atoms with Gasteiger partial charge in [-0.15, -0.1) is 0 Å². The van der Waals surface area contributed by atoms with E-state index in [4.69, 9.17) is 9.47 Å². The van der Waals surface area contributed by atoms with Crippen molar-refractivity contribution < 1.29 is 34.1 Å². The van der Waals surface area contributed by atoms with Gasteiger partial charge in [0.1, 0.15) is 11.5 Å². The fraction of sp³-hybridized carbons (Fsp3) is 0.559. The quantitative estimate of drug-likeness (QED) is 0.199. The molecule has 0 radical (unpaired) electrons. The van der Waals surface area contributed by atoms with Crippen molar-refractivity contribution >= 4 is 17.8 Å². The first-order valence-electron chi connectivity index (χ1n) is 15.6. The Morgan fingerprint density at radius 1 is 0.810 bits per heavy atom. The topological polar surface area (TPSA) is 122 Å². The number of aliphatic carboxylic acids is 1. The number of hydrogen-bond donors (Lipinski definition) is 3. The van der Waals surface area contributed by atoms with E-state index in [2.05, 4.69) is 17.4 Å². The Morgan fingerprint density at radius 2 is 1.52 bits per heavy atom. The number of aryl methyl sites for hydroxylation is 1. The zero-order valence-electron chi connectivity index (χ0n) is 24.5. The number of benzene rings is 2. The number of carbonyl (C=O) groups excluding carboxylic acids is 1. The maximum absolute atomic E-state index is 13.1. The second-order valence-corrected chi connectivity index (χ2v) is 11.8. The lowest BCUT2D eigenvalue weighted by Gasteiger charge is -2.28. The van der Waals surface area contributed by atoms with Gasteiger partial charge in [-0.3, -0.25) is 9.59 Å². The van der Waals surface area contributed by atoms with Gasteiger partial charge in [-0.05, 0) is 86.3 Å². The van der Waals surface area contributed by atoms with Crippen LogP contribution in [-0.4, -0.2) is 47.8 Å². The molecule has 2 fully saturated rings. The highest BCUT2D eigenvalue weighted by atomic mass is 16.5. The van der Waals surface area contributed by atoms with Gasteiger partial charge in [0, 0.05) is 6.54 Å². The molecule has 2 aliphatic rings. The Hall–Kier alpha value is -3.55. The first kappa shape index (κ1) is 31.4. The molecule has 0 saturated heterocycles. The third-order valence-electron chi connectivity index (χ3n) is 8.76. The van der Waals surface area contributed by atoms with Crippen molar-refractivity contribution in [2.45, 2.75) is 83.5 Å². The summed E-state index contributed by atoms with van der Waals surface area (Å²) in [7, 11) is 0. The van der Waals surface area contributed by atoms with Crippen molar-refractivity contribution in [1.82, 2.24) is 5.32 Å². The van der Waals surface area contributed by atoms with Gasteiger partial charge in [-0.25, -0.2) is 4.79 Å². The molecule has 0 heterocycles. The van der Waals surface area contributed by atoms with Crippen LogP contribution in [0, 0.1) is 17.8 Å². The third kappa shape index (κ3) is 9.50. The number of ether oxygens (including phenoxy) is 2. The fourth-order valence-corrected chi connectivity index (χ4v) is 6.31. The maximum Gasteiger partial charge on any atom is 0.335 e. The van der Waals surface area contributed by atoms with Crippen LogP contribution in [0.25, 0.3) is 0 Å². The van der Waals surface area contributed by atoms with Crippen LogP contribution in [0.3, 0.4) is 0 Å². The summed E-state index contributed by atoms with van der Waals surface area (Å²) in [6.07, 6.45) is 13.9. The summed E-state index contributed by atoms with van der Waals surface area (Å²) in [6, 6.07) is 12.4. The van der Waals surface area contributed by atoms with Crippen molar-refractivity contribution in [3.8, 4) is 11.5 Å². The summed E-state index contributed by atoms with van der Waals surface area (Å²) in [4.78, 5) is 36.2. The minimum absolute atomic E-state index is 0.00938. The molecule has 2 atom stereocenters. The number of carboxylic acids is 2. The largest absolute Gasteiger partial charge is 0.494 e. The fourth-order valence-electron chi connectivity index (χ4n) is 6.31. The molecule has 2 saturated carbocycles. The van der Waals surface area contributed by atoms with Gasteiger partial charge < -0.3 is 25.0 Å². The van der Waals surface area contributed by atoms with Crippen LogP contribution in [-0.2, 0) is 11.2 Å². The molecule has 2 aromatic rings. The molecule has 2 aliphatic carbocycles.